The molecule has 0 saturated heterocycles. The second-order valence-corrected chi connectivity index (χ2v) is 6.39. The fourth-order valence-corrected chi connectivity index (χ4v) is 2.88. The number of methoxy groups -OCH3 is 1. The number of hydrogen-bond acceptors (Lipinski definition) is 4. The number of aromatic hydroxyl groups is 1. The fraction of sp³-hybridized carbons (Fsp3) is 0.182. The Labute approximate surface area is 162 Å². The van der Waals surface area contributed by atoms with Crippen LogP contribution >= 0.6 is 0 Å². The molecule has 0 unspecified atom stereocenters. The van der Waals surface area contributed by atoms with Crippen molar-refractivity contribution in [3.8, 4) is 11.5 Å². The van der Waals surface area contributed by atoms with E-state index in [0.29, 0.717) is 13.0 Å². The van der Waals surface area contributed by atoms with E-state index in [1.807, 2.05) is 24.4 Å². The summed E-state index contributed by atoms with van der Waals surface area (Å²) in [6, 6.07) is 12.3. The average molecular weight is 378 g/mol. The van der Waals surface area contributed by atoms with Crippen LogP contribution in [-0.2, 0) is 16.0 Å². The van der Waals surface area contributed by atoms with Crippen molar-refractivity contribution in [1.29, 1.82) is 0 Å². The third kappa shape index (κ3) is 5.01. The Kier molecular flexibility index (Phi) is 6.11. The van der Waals surface area contributed by atoms with Gasteiger partial charge >= 0.3 is 0 Å². The molecule has 6 nitrogen and oxygen atoms in total. The van der Waals surface area contributed by atoms with Crippen molar-refractivity contribution in [1.82, 2.24) is 10.3 Å². The highest BCUT2D eigenvalue weighted by molar-refractivity contribution is 6.05. The van der Waals surface area contributed by atoms with Crippen LogP contribution in [0.2, 0.25) is 0 Å². The third-order valence-electron chi connectivity index (χ3n) is 4.38. The van der Waals surface area contributed by atoms with Crippen LogP contribution in [0.1, 0.15) is 17.5 Å². The van der Waals surface area contributed by atoms with Gasteiger partial charge in [0, 0.05) is 23.6 Å². The van der Waals surface area contributed by atoms with Gasteiger partial charge in [0.1, 0.15) is 11.5 Å². The van der Waals surface area contributed by atoms with E-state index in [0.717, 1.165) is 27.8 Å². The van der Waals surface area contributed by atoms with Gasteiger partial charge in [0.25, 0.3) is 0 Å². The number of phenols is 1. The number of aromatic nitrogens is 1. The summed E-state index contributed by atoms with van der Waals surface area (Å²) in [6.45, 7) is 0.442. The number of ketones is 1. The summed E-state index contributed by atoms with van der Waals surface area (Å²) in [5, 5.41) is 13.1. The van der Waals surface area contributed by atoms with Crippen molar-refractivity contribution in [2.24, 2.45) is 0 Å². The van der Waals surface area contributed by atoms with Crippen LogP contribution in [-0.4, -0.2) is 35.4 Å². The molecule has 0 bridgehead atoms. The van der Waals surface area contributed by atoms with Crippen LogP contribution < -0.4 is 10.1 Å². The number of H-pyrrole nitrogens is 1. The lowest BCUT2D eigenvalue weighted by molar-refractivity contribution is -0.126. The zero-order chi connectivity index (χ0) is 19.9. The first kappa shape index (κ1) is 19.2. The van der Waals surface area contributed by atoms with Crippen LogP contribution in [0.5, 0.6) is 11.5 Å². The molecule has 0 atom stereocenters. The molecule has 2 aromatic carbocycles. The lowest BCUT2D eigenvalue weighted by atomic mass is 10.1. The molecule has 3 rings (SSSR count). The number of hydrogen-bond donors (Lipinski definition) is 3. The van der Waals surface area contributed by atoms with E-state index in [2.05, 4.69) is 10.3 Å². The lowest BCUT2D eigenvalue weighted by Gasteiger charge is -2.04. The van der Waals surface area contributed by atoms with Crippen LogP contribution in [0.4, 0.5) is 0 Å². The molecule has 3 N–H and O–H groups in total. The first-order valence-electron chi connectivity index (χ1n) is 8.96. The maximum atomic E-state index is 12.0. The van der Waals surface area contributed by atoms with Crippen molar-refractivity contribution in [3.05, 3.63) is 65.9 Å². The maximum absolute atomic E-state index is 12.0. The predicted octanol–water partition coefficient (Wildman–Crippen LogP) is 3.21. The predicted molar refractivity (Wildman–Crippen MR) is 108 cm³/mol. The largest absolute Gasteiger partial charge is 0.508 e. The number of fused-ring (bicyclic) bond motifs is 1. The summed E-state index contributed by atoms with van der Waals surface area (Å²) in [6.07, 6.45) is 5.36. The molecular weight excluding hydrogens is 356 g/mol. The van der Waals surface area contributed by atoms with Gasteiger partial charge in [0.2, 0.25) is 5.91 Å². The lowest BCUT2D eigenvalue weighted by Crippen LogP contribution is -2.27. The molecular formula is C22H22N2O4. The zero-order valence-corrected chi connectivity index (χ0v) is 15.6. The minimum atomic E-state index is -0.308. The molecule has 144 valence electrons. The highest BCUT2D eigenvalue weighted by Gasteiger charge is 2.08. The van der Waals surface area contributed by atoms with Gasteiger partial charge < -0.3 is 20.1 Å². The molecule has 1 aromatic heterocycles. The molecule has 1 heterocycles. The van der Waals surface area contributed by atoms with Crippen molar-refractivity contribution < 1.29 is 19.4 Å². The number of ether oxygens (including phenoxy) is 1. The molecule has 0 fully saturated rings. The second-order valence-electron chi connectivity index (χ2n) is 6.39. The Balaban J connectivity index is 1.48. The summed E-state index contributed by atoms with van der Waals surface area (Å²) in [4.78, 5) is 27.1. The minimum Gasteiger partial charge on any atom is -0.508 e. The minimum absolute atomic E-state index is 0.163. The van der Waals surface area contributed by atoms with Gasteiger partial charge in [-0.15, -0.1) is 0 Å². The SMILES string of the molecule is COc1ccc2[nH]cc(CCNC(=O)CC(=O)/C=C/c3ccc(O)cc3)c2c1. The van der Waals surface area contributed by atoms with E-state index in [-0.39, 0.29) is 23.9 Å². The summed E-state index contributed by atoms with van der Waals surface area (Å²) in [5.74, 6) is 0.361. The van der Waals surface area contributed by atoms with E-state index in [1.54, 1.807) is 25.3 Å². The van der Waals surface area contributed by atoms with E-state index in [4.69, 9.17) is 4.74 Å². The Morgan fingerprint density at radius 1 is 1.18 bits per heavy atom. The molecule has 1 amide bonds. The van der Waals surface area contributed by atoms with E-state index in [1.165, 1.54) is 18.2 Å². The van der Waals surface area contributed by atoms with E-state index < -0.39 is 0 Å². The van der Waals surface area contributed by atoms with Gasteiger partial charge in [-0.2, -0.15) is 0 Å². The van der Waals surface area contributed by atoms with E-state index in [9.17, 15) is 14.7 Å². The number of carbonyl (C=O) groups excluding carboxylic acids is 2. The third-order valence-corrected chi connectivity index (χ3v) is 4.38. The summed E-state index contributed by atoms with van der Waals surface area (Å²) >= 11 is 0. The molecule has 6 heteroatoms. The van der Waals surface area contributed by atoms with E-state index >= 15 is 0 Å². The number of allylic oxidation sites excluding steroid dienone is 1. The smallest absolute Gasteiger partial charge is 0.227 e. The zero-order valence-electron chi connectivity index (χ0n) is 15.6. The highest BCUT2D eigenvalue weighted by Crippen LogP contribution is 2.23. The quantitative estimate of drug-likeness (QED) is 0.415. The molecule has 0 saturated carbocycles. The number of phenolic OH excluding ortho intramolecular Hbond substituents is 1. The molecule has 0 aliphatic rings. The maximum Gasteiger partial charge on any atom is 0.227 e. The van der Waals surface area contributed by atoms with Gasteiger partial charge in [0.15, 0.2) is 5.78 Å². The monoisotopic (exact) mass is 378 g/mol. The fourth-order valence-electron chi connectivity index (χ4n) is 2.88. The number of nitrogens with one attached hydrogen (secondary N) is 2. The van der Waals surface area contributed by atoms with Gasteiger partial charge in [-0.25, -0.2) is 0 Å². The first-order chi connectivity index (χ1) is 13.5. The number of carbonyl (C=O) groups is 2. The molecule has 0 aliphatic heterocycles. The number of rotatable bonds is 8. The van der Waals surface area contributed by atoms with Gasteiger partial charge in [-0.3, -0.25) is 9.59 Å². The van der Waals surface area contributed by atoms with Gasteiger partial charge in [-0.05, 0) is 54.0 Å². The Hall–Kier alpha value is -3.54. The molecule has 0 spiro atoms. The molecule has 0 aliphatic carbocycles. The Morgan fingerprint density at radius 2 is 1.96 bits per heavy atom. The second kappa shape index (κ2) is 8.90. The van der Waals surface area contributed by atoms with Crippen molar-refractivity contribution in [3.63, 3.8) is 0 Å². The number of aromatic amines is 1. The topological polar surface area (TPSA) is 91.4 Å². The summed E-state index contributed by atoms with van der Waals surface area (Å²) in [7, 11) is 1.63. The first-order valence-corrected chi connectivity index (χ1v) is 8.96. The van der Waals surface area contributed by atoms with Crippen molar-refractivity contribution in [2.75, 3.05) is 13.7 Å². The number of benzene rings is 2. The molecule has 28 heavy (non-hydrogen) atoms. The number of amides is 1. The van der Waals surface area contributed by atoms with Crippen LogP contribution in [0.25, 0.3) is 17.0 Å². The standard InChI is InChI=1S/C22H22N2O4/c1-28-19-8-9-21-20(13-19)16(14-24-21)10-11-23-22(27)12-18(26)7-4-15-2-5-17(25)6-3-15/h2-9,13-14,24-25H,10-12H2,1H3,(H,23,27)/b7-4+. The van der Waals surface area contributed by atoms with Crippen molar-refractivity contribution >= 4 is 28.7 Å². The molecule has 3 aromatic rings. The Bertz CT molecular complexity index is 1000. The van der Waals surface area contributed by atoms with Gasteiger partial charge in [-0.1, -0.05) is 18.2 Å². The molecule has 0 radical (unpaired) electrons. The normalized spacial score (nSPS) is 11.0. The highest BCUT2D eigenvalue weighted by atomic mass is 16.5. The summed E-state index contributed by atoms with van der Waals surface area (Å²) < 4.78 is 5.25. The van der Waals surface area contributed by atoms with Crippen molar-refractivity contribution in [2.45, 2.75) is 12.8 Å². The van der Waals surface area contributed by atoms with Crippen LogP contribution in [0.3, 0.4) is 0 Å². The average Bonchev–Trinajstić information content (AvgIpc) is 3.09. The van der Waals surface area contributed by atoms with Gasteiger partial charge in [0.05, 0.1) is 13.5 Å². The van der Waals surface area contributed by atoms with Crippen LogP contribution in [0.15, 0.2) is 54.7 Å². The Morgan fingerprint density at radius 3 is 2.71 bits per heavy atom. The van der Waals surface area contributed by atoms with Crippen LogP contribution in [0, 0.1) is 0 Å². The summed E-state index contributed by atoms with van der Waals surface area (Å²) in [5.41, 5.74) is 2.87.